The van der Waals surface area contributed by atoms with Gasteiger partial charge in [-0.25, -0.2) is 0 Å². The van der Waals surface area contributed by atoms with Gasteiger partial charge in [0.15, 0.2) is 5.78 Å². The van der Waals surface area contributed by atoms with Crippen LogP contribution in [0.3, 0.4) is 0 Å². The molecule has 0 fully saturated rings. The van der Waals surface area contributed by atoms with Crippen molar-refractivity contribution in [1.29, 1.82) is 0 Å². The number of hydrogen-bond acceptors (Lipinski definition) is 1. The number of nitrogens with zero attached hydrogens (tertiary/aromatic N) is 1. The molecule has 0 aliphatic rings. The predicted molar refractivity (Wildman–Crippen MR) is 53.9 cm³/mol. The molecule has 0 saturated carbocycles. The van der Waals surface area contributed by atoms with Crippen LogP contribution in [0.15, 0.2) is 18.5 Å². The average Bonchev–Trinajstić information content (AvgIpc) is 2.48. The standard InChI is InChI=1S/C11H17NO/c1-9(2)4-6-12-7-5-11(8-12)10(3)13/h5,7-9H,4,6H2,1-3H3. The highest BCUT2D eigenvalue weighted by Crippen LogP contribution is 2.06. The minimum atomic E-state index is 0.142. The van der Waals surface area contributed by atoms with E-state index in [-0.39, 0.29) is 5.78 Å². The van der Waals surface area contributed by atoms with Gasteiger partial charge in [-0.15, -0.1) is 0 Å². The fourth-order valence-electron chi connectivity index (χ4n) is 1.20. The quantitative estimate of drug-likeness (QED) is 0.651. The third-order valence-corrected chi connectivity index (χ3v) is 2.12. The zero-order chi connectivity index (χ0) is 9.84. The Morgan fingerprint density at radius 2 is 2.23 bits per heavy atom. The van der Waals surface area contributed by atoms with E-state index in [2.05, 4.69) is 18.4 Å². The van der Waals surface area contributed by atoms with Crippen molar-refractivity contribution in [2.24, 2.45) is 5.92 Å². The molecule has 0 amide bonds. The van der Waals surface area contributed by atoms with Gasteiger partial charge < -0.3 is 4.57 Å². The number of Topliss-reactive ketones (excluding diaryl/α,β-unsaturated/α-hetero) is 1. The molecule has 1 heterocycles. The molecule has 1 aromatic heterocycles. The molecule has 1 rings (SSSR count). The Labute approximate surface area is 79.6 Å². The number of rotatable bonds is 4. The van der Waals surface area contributed by atoms with Crippen LogP contribution in [-0.4, -0.2) is 10.4 Å². The van der Waals surface area contributed by atoms with Gasteiger partial charge in [-0.1, -0.05) is 13.8 Å². The highest BCUT2D eigenvalue weighted by atomic mass is 16.1. The third kappa shape index (κ3) is 3.05. The van der Waals surface area contributed by atoms with Crippen LogP contribution >= 0.6 is 0 Å². The molecule has 0 atom stereocenters. The maximum absolute atomic E-state index is 11.0. The molecule has 0 unspecified atom stereocenters. The zero-order valence-electron chi connectivity index (χ0n) is 8.58. The number of carbonyl (C=O) groups excluding carboxylic acids is 1. The molecule has 72 valence electrons. The Balaban J connectivity index is 2.54. The molecule has 13 heavy (non-hydrogen) atoms. The first kappa shape index (κ1) is 10.0. The van der Waals surface area contributed by atoms with Gasteiger partial charge in [-0.3, -0.25) is 4.79 Å². The van der Waals surface area contributed by atoms with Gasteiger partial charge in [0.25, 0.3) is 0 Å². The molecule has 0 aliphatic heterocycles. The number of aryl methyl sites for hydroxylation is 1. The fourth-order valence-corrected chi connectivity index (χ4v) is 1.20. The Morgan fingerprint density at radius 1 is 1.54 bits per heavy atom. The molecule has 0 saturated heterocycles. The summed E-state index contributed by atoms with van der Waals surface area (Å²) >= 11 is 0. The summed E-state index contributed by atoms with van der Waals surface area (Å²) in [6.45, 7) is 7.01. The van der Waals surface area contributed by atoms with Crippen molar-refractivity contribution in [2.75, 3.05) is 0 Å². The third-order valence-electron chi connectivity index (χ3n) is 2.12. The van der Waals surface area contributed by atoms with E-state index in [1.54, 1.807) is 6.92 Å². The van der Waals surface area contributed by atoms with E-state index in [1.807, 2.05) is 18.5 Å². The summed E-state index contributed by atoms with van der Waals surface area (Å²) in [5.74, 6) is 0.853. The second kappa shape index (κ2) is 4.26. The lowest BCUT2D eigenvalue weighted by Crippen LogP contribution is -1.99. The molecular weight excluding hydrogens is 162 g/mol. The Morgan fingerprint density at radius 3 is 2.69 bits per heavy atom. The number of ketones is 1. The molecule has 0 aromatic carbocycles. The molecule has 0 N–H and O–H groups in total. The first-order chi connectivity index (χ1) is 6.09. The van der Waals surface area contributed by atoms with Crippen molar-refractivity contribution in [2.45, 2.75) is 33.7 Å². The van der Waals surface area contributed by atoms with Gasteiger partial charge >= 0.3 is 0 Å². The second-order valence-electron chi connectivity index (χ2n) is 3.88. The predicted octanol–water partition coefficient (Wildman–Crippen LogP) is 2.74. The van der Waals surface area contributed by atoms with Gasteiger partial charge in [-0.2, -0.15) is 0 Å². The van der Waals surface area contributed by atoms with Crippen molar-refractivity contribution >= 4 is 5.78 Å². The normalized spacial score (nSPS) is 10.8. The van der Waals surface area contributed by atoms with Crippen LogP contribution in [0.4, 0.5) is 0 Å². The molecule has 2 heteroatoms. The van der Waals surface area contributed by atoms with Crippen molar-refractivity contribution in [3.63, 3.8) is 0 Å². The topological polar surface area (TPSA) is 22.0 Å². The highest BCUT2D eigenvalue weighted by Gasteiger charge is 2.01. The van der Waals surface area contributed by atoms with Gasteiger partial charge in [0.05, 0.1) is 0 Å². The van der Waals surface area contributed by atoms with Crippen molar-refractivity contribution in [3.8, 4) is 0 Å². The van der Waals surface area contributed by atoms with Crippen LogP contribution in [-0.2, 0) is 6.54 Å². The molecule has 0 bridgehead atoms. The van der Waals surface area contributed by atoms with E-state index in [0.29, 0.717) is 5.92 Å². The Hall–Kier alpha value is -1.05. The summed E-state index contributed by atoms with van der Waals surface area (Å²) in [5.41, 5.74) is 0.809. The van der Waals surface area contributed by atoms with Crippen molar-refractivity contribution in [1.82, 2.24) is 4.57 Å². The summed E-state index contributed by atoms with van der Waals surface area (Å²) < 4.78 is 2.08. The van der Waals surface area contributed by atoms with Crippen LogP contribution in [0.25, 0.3) is 0 Å². The van der Waals surface area contributed by atoms with Crippen LogP contribution in [0, 0.1) is 5.92 Å². The largest absolute Gasteiger partial charge is 0.353 e. The van der Waals surface area contributed by atoms with Crippen LogP contribution < -0.4 is 0 Å². The van der Waals surface area contributed by atoms with Crippen molar-refractivity contribution in [3.05, 3.63) is 24.0 Å². The van der Waals surface area contributed by atoms with Gasteiger partial charge in [-0.05, 0) is 25.3 Å². The lowest BCUT2D eigenvalue weighted by Gasteiger charge is -2.04. The van der Waals surface area contributed by atoms with E-state index in [1.165, 1.54) is 0 Å². The fraction of sp³-hybridized carbons (Fsp3) is 0.545. The van der Waals surface area contributed by atoms with Crippen LogP contribution in [0.1, 0.15) is 37.6 Å². The Bertz CT molecular complexity index is 286. The lowest BCUT2D eigenvalue weighted by atomic mass is 10.1. The van der Waals surface area contributed by atoms with E-state index in [9.17, 15) is 4.79 Å². The number of aromatic nitrogens is 1. The molecule has 0 spiro atoms. The summed E-state index contributed by atoms with van der Waals surface area (Å²) in [5, 5.41) is 0. The minimum Gasteiger partial charge on any atom is -0.353 e. The van der Waals surface area contributed by atoms with E-state index in [0.717, 1.165) is 18.5 Å². The number of carbonyl (C=O) groups is 1. The summed E-state index contributed by atoms with van der Waals surface area (Å²) in [7, 11) is 0. The van der Waals surface area contributed by atoms with Crippen molar-refractivity contribution < 1.29 is 4.79 Å². The lowest BCUT2D eigenvalue weighted by molar-refractivity contribution is 0.101. The maximum atomic E-state index is 11.0. The van der Waals surface area contributed by atoms with E-state index in [4.69, 9.17) is 0 Å². The van der Waals surface area contributed by atoms with Gasteiger partial charge in [0.1, 0.15) is 0 Å². The van der Waals surface area contributed by atoms with E-state index < -0.39 is 0 Å². The molecule has 0 radical (unpaired) electrons. The first-order valence-electron chi connectivity index (χ1n) is 4.76. The molecule has 2 nitrogen and oxygen atoms in total. The van der Waals surface area contributed by atoms with Crippen LogP contribution in [0.5, 0.6) is 0 Å². The smallest absolute Gasteiger partial charge is 0.161 e. The second-order valence-corrected chi connectivity index (χ2v) is 3.88. The van der Waals surface area contributed by atoms with Gasteiger partial charge in [0, 0.05) is 24.5 Å². The Kier molecular flexibility index (Phi) is 3.29. The summed E-state index contributed by atoms with van der Waals surface area (Å²) in [6, 6.07) is 1.88. The SMILES string of the molecule is CC(=O)c1ccn(CCC(C)C)c1. The molecular formula is C11H17NO. The van der Waals surface area contributed by atoms with Crippen LogP contribution in [0.2, 0.25) is 0 Å². The maximum Gasteiger partial charge on any atom is 0.161 e. The minimum absolute atomic E-state index is 0.142. The monoisotopic (exact) mass is 179 g/mol. The van der Waals surface area contributed by atoms with E-state index >= 15 is 0 Å². The zero-order valence-corrected chi connectivity index (χ0v) is 8.58. The average molecular weight is 179 g/mol. The first-order valence-corrected chi connectivity index (χ1v) is 4.76. The van der Waals surface area contributed by atoms with Gasteiger partial charge in [0.2, 0.25) is 0 Å². The summed E-state index contributed by atoms with van der Waals surface area (Å²) in [6.07, 6.45) is 5.05. The molecule has 1 aromatic rings. The summed E-state index contributed by atoms with van der Waals surface area (Å²) in [4.78, 5) is 11.0. The molecule has 0 aliphatic carbocycles. The highest BCUT2D eigenvalue weighted by molar-refractivity contribution is 5.93. The number of hydrogen-bond donors (Lipinski definition) is 0.